The second-order valence-corrected chi connectivity index (χ2v) is 10.2. The van der Waals surface area contributed by atoms with E-state index in [9.17, 15) is 17.6 Å². The third-order valence-corrected chi connectivity index (χ3v) is 7.74. The molecule has 0 radical (unpaired) electrons. The van der Waals surface area contributed by atoms with Crippen LogP contribution < -0.4 is 9.62 Å². The fourth-order valence-electron chi connectivity index (χ4n) is 3.24. The van der Waals surface area contributed by atoms with Gasteiger partial charge in [-0.2, -0.15) is 0 Å². The van der Waals surface area contributed by atoms with Crippen molar-refractivity contribution in [1.29, 1.82) is 0 Å². The summed E-state index contributed by atoms with van der Waals surface area (Å²) in [5, 5.41) is 2.83. The zero-order valence-corrected chi connectivity index (χ0v) is 19.6. The molecule has 0 aliphatic heterocycles. The molecule has 0 saturated heterocycles. The molecule has 0 heterocycles. The number of rotatable bonds is 8. The topological polar surface area (TPSA) is 66.5 Å². The third kappa shape index (κ3) is 5.65. The highest BCUT2D eigenvalue weighted by Gasteiger charge is 2.27. The highest BCUT2D eigenvalue weighted by atomic mass is 32.2. The fraction of sp³-hybridized carbons (Fsp3) is 0.0385. The van der Waals surface area contributed by atoms with Crippen LogP contribution in [0.1, 0.15) is 0 Å². The Morgan fingerprint density at radius 1 is 0.794 bits per heavy atom. The van der Waals surface area contributed by atoms with E-state index in [4.69, 9.17) is 0 Å². The first-order valence-electron chi connectivity index (χ1n) is 10.4. The molecule has 0 bridgehead atoms. The molecule has 5 nitrogen and oxygen atoms in total. The molecule has 4 aromatic rings. The lowest BCUT2D eigenvalue weighted by molar-refractivity contribution is -0.114. The smallest absolute Gasteiger partial charge is 0.264 e. The van der Waals surface area contributed by atoms with Crippen LogP contribution in [0, 0.1) is 5.82 Å². The van der Waals surface area contributed by atoms with Gasteiger partial charge in [-0.15, -0.1) is 0 Å². The molecule has 4 rings (SSSR count). The number of nitrogens with zero attached hydrogens (tertiary/aromatic N) is 1. The van der Waals surface area contributed by atoms with Gasteiger partial charge in [-0.1, -0.05) is 60.3 Å². The first-order chi connectivity index (χ1) is 16.4. The second kappa shape index (κ2) is 10.5. The van der Waals surface area contributed by atoms with E-state index in [1.807, 2.05) is 42.5 Å². The second-order valence-electron chi connectivity index (χ2n) is 7.26. The van der Waals surface area contributed by atoms with Gasteiger partial charge in [-0.25, -0.2) is 12.8 Å². The van der Waals surface area contributed by atoms with Crippen molar-refractivity contribution in [1.82, 2.24) is 0 Å². The van der Waals surface area contributed by atoms with Crippen molar-refractivity contribution in [3.63, 3.8) is 0 Å². The Balaban J connectivity index is 1.60. The molecule has 0 atom stereocenters. The minimum Gasteiger partial charge on any atom is -0.323 e. The van der Waals surface area contributed by atoms with Gasteiger partial charge in [0.2, 0.25) is 5.91 Å². The van der Waals surface area contributed by atoms with Crippen LogP contribution in [0.4, 0.5) is 15.8 Å². The van der Waals surface area contributed by atoms with Crippen molar-refractivity contribution < 1.29 is 17.6 Å². The minimum absolute atomic E-state index is 0.0344. The Labute approximate surface area is 202 Å². The summed E-state index contributed by atoms with van der Waals surface area (Å²) in [7, 11) is -4.07. The Kier molecular flexibility index (Phi) is 7.30. The van der Waals surface area contributed by atoms with Crippen LogP contribution in [0.5, 0.6) is 0 Å². The van der Waals surface area contributed by atoms with Gasteiger partial charge in [-0.05, 0) is 60.7 Å². The molecule has 0 aliphatic rings. The molecule has 0 fully saturated rings. The van der Waals surface area contributed by atoms with Crippen LogP contribution in [0.15, 0.2) is 124 Å². The number of halogens is 1. The van der Waals surface area contributed by atoms with Crippen molar-refractivity contribution in [3.8, 4) is 0 Å². The summed E-state index contributed by atoms with van der Waals surface area (Å²) >= 11 is 1.49. The van der Waals surface area contributed by atoms with Crippen LogP contribution in [-0.4, -0.2) is 20.9 Å². The van der Waals surface area contributed by atoms with E-state index < -0.39 is 28.3 Å². The standard InChI is InChI=1S/C26H21FN2O3S2/c27-20-15-17-21(18-16-20)29(34(31,32)23-11-5-2-6-12-23)19-26(30)28-24-13-7-8-14-25(24)33-22-9-3-1-4-10-22/h1-18H,19H2,(H,28,30). The number of para-hydroxylation sites is 1. The molecule has 1 amide bonds. The Morgan fingerprint density at radius 3 is 2.06 bits per heavy atom. The van der Waals surface area contributed by atoms with Crippen LogP contribution in [0.25, 0.3) is 0 Å². The molecular weight excluding hydrogens is 471 g/mol. The van der Waals surface area contributed by atoms with Crippen molar-refractivity contribution in [2.45, 2.75) is 14.7 Å². The lowest BCUT2D eigenvalue weighted by Gasteiger charge is -2.24. The van der Waals surface area contributed by atoms with E-state index in [0.29, 0.717) is 5.69 Å². The van der Waals surface area contributed by atoms with Crippen molar-refractivity contribution >= 4 is 39.1 Å². The van der Waals surface area contributed by atoms with Crippen LogP contribution >= 0.6 is 11.8 Å². The van der Waals surface area contributed by atoms with Crippen LogP contribution in [0.3, 0.4) is 0 Å². The predicted molar refractivity (Wildman–Crippen MR) is 133 cm³/mol. The van der Waals surface area contributed by atoms with E-state index in [0.717, 1.165) is 26.2 Å². The maximum absolute atomic E-state index is 13.5. The maximum Gasteiger partial charge on any atom is 0.264 e. The zero-order chi connectivity index (χ0) is 24.0. The molecule has 0 aliphatic carbocycles. The number of anilines is 2. The lowest BCUT2D eigenvalue weighted by Crippen LogP contribution is -2.38. The molecule has 34 heavy (non-hydrogen) atoms. The van der Waals surface area contributed by atoms with Gasteiger partial charge >= 0.3 is 0 Å². The van der Waals surface area contributed by atoms with Crippen LogP contribution in [0.2, 0.25) is 0 Å². The van der Waals surface area contributed by atoms with Gasteiger partial charge in [0.1, 0.15) is 12.4 Å². The predicted octanol–water partition coefficient (Wildman–Crippen LogP) is 5.81. The van der Waals surface area contributed by atoms with Gasteiger partial charge in [0.15, 0.2) is 0 Å². The molecular formula is C26H21FN2O3S2. The molecule has 0 spiro atoms. The summed E-state index contributed by atoms with van der Waals surface area (Å²) in [4.78, 5) is 14.9. The molecule has 172 valence electrons. The lowest BCUT2D eigenvalue weighted by atomic mass is 10.3. The summed E-state index contributed by atoms with van der Waals surface area (Å²) in [5.74, 6) is -1.03. The number of hydrogen-bond acceptors (Lipinski definition) is 4. The quantitative estimate of drug-likeness (QED) is 0.337. The number of amides is 1. The summed E-state index contributed by atoms with van der Waals surface area (Å²) < 4.78 is 41.2. The van der Waals surface area contributed by atoms with Gasteiger partial charge in [0.25, 0.3) is 10.0 Å². The van der Waals surface area contributed by atoms with Crippen molar-refractivity contribution in [3.05, 3.63) is 115 Å². The molecule has 0 aromatic heterocycles. The Hall–Kier alpha value is -3.62. The number of nitrogens with one attached hydrogen (secondary N) is 1. The molecule has 0 saturated carbocycles. The average molecular weight is 493 g/mol. The van der Waals surface area contributed by atoms with Gasteiger partial charge in [-0.3, -0.25) is 9.10 Å². The summed E-state index contributed by atoms with van der Waals surface area (Å²) in [6.07, 6.45) is 0. The number of sulfonamides is 1. The van der Waals surface area contributed by atoms with E-state index in [-0.39, 0.29) is 10.6 Å². The highest BCUT2D eigenvalue weighted by Crippen LogP contribution is 2.33. The van der Waals surface area contributed by atoms with Gasteiger partial charge < -0.3 is 5.32 Å². The van der Waals surface area contributed by atoms with E-state index >= 15 is 0 Å². The van der Waals surface area contributed by atoms with E-state index in [2.05, 4.69) is 5.32 Å². The Morgan fingerprint density at radius 2 is 1.38 bits per heavy atom. The normalized spacial score (nSPS) is 11.1. The minimum atomic E-state index is -4.07. The number of benzene rings is 4. The van der Waals surface area contributed by atoms with E-state index in [1.165, 1.54) is 36.0 Å². The third-order valence-electron chi connectivity index (χ3n) is 4.87. The first-order valence-corrected chi connectivity index (χ1v) is 12.6. The SMILES string of the molecule is O=C(CN(c1ccc(F)cc1)S(=O)(=O)c1ccccc1)Nc1ccccc1Sc1ccccc1. The molecule has 1 N–H and O–H groups in total. The first kappa shape index (κ1) is 23.5. The van der Waals surface area contributed by atoms with Gasteiger partial charge in [0, 0.05) is 9.79 Å². The molecule has 8 heteroatoms. The average Bonchev–Trinajstić information content (AvgIpc) is 2.85. The number of carbonyl (C=O) groups is 1. The number of carbonyl (C=O) groups excluding carboxylic acids is 1. The maximum atomic E-state index is 13.5. The highest BCUT2D eigenvalue weighted by molar-refractivity contribution is 7.99. The summed E-state index contributed by atoms with van der Waals surface area (Å²) in [5.41, 5.74) is 0.755. The molecule has 4 aromatic carbocycles. The monoisotopic (exact) mass is 492 g/mol. The zero-order valence-electron chi connectivity index (χ0n) is 18.0. The van der Waals surface area contributed by atoms with E-state index in [1.54, 1.807) is 30.3 Å². The summed E-state index contributed by atoms with van der Waals surface area (Å²) in [6.45, 7) is -0.479. The fourth-order valence-corrected chi connectivity index (χ4v) is 5.60. The Bertz CT molecular complexity index is 1360. The van der Waals surface area contributed by atoms with Crippen molar-refractivity contribution in [2.24, 2.45) is 0 Å². The number of hydrogen-bond donors (Lipinski definition) is 1. The van der Waals surface area contributed by atoms with Gasteiger partial charge in [0.05, 0.1) is 16.3 Å². The summed E-state index contributed by atoms with van der Waals surface area (Å²) in [6, 6.07) is 29.8. The van der Waals surface area contributed by atoms with Crippen LogP contribution in [-0.2, 0) is 14.8 Å². The van der Waals surface area contributed by atoms with Crippen molar-refractivity contribution in [2.75, 3.05) is 16.2 Å². The molecule has 0 unspecified atom stereocenters. The largest absolute Gasteiger partial charge is 0.323 e.